The zero-order valence-electron chi connectivity index (χ0n) is 16.9. The van der Waals surface area contributed by atoms with E-state index in [0.29, 0.717) is 12.1 Å². The number of hydrogen-bond acceptors (Lipinski definition) is 4. The Morgan fingerprint density at radius 1 is 0.852 bits per heavy atom. The molecular weight excluding hydrogens is 356 g/mol. The number of thioether (sulfide) groups is 1. The average Bonchev–Trinajstić information content (AvgIpc) is 2.72. The van der Waals surface area contributed by atoms with Crippen molar-refractivity contribution < 1.29 is 9.90 Å². The second-order valence-corrected chi connectivity index (χ2v) is 10.4. The predicted molar refractivity (Wildman–Crippen MR) is 112 cm³/mol. The van der Waals surface area contributed by atoms with Crippen LogP contribution in [0.1, 0.15) is 83.5 Å². The van der Waals surface area contributed by atoms with Crippen LogP contribution < -0.4 is 0 Å². The van der Waals surface area contributed by atoms with Gasteiger partial charge in [0.25, 0.3) is 5.24 Å². The van der Waals surface area contributed by atoms with Crippen molar-refractivity contribution >= 4 is 17.0 Å². The van der Waals surface area contributed by atoms with Crippen LogP contribution in [-0.4, -0.2) is 57.3 Å². The van der Waals surface area contributed by atoms with Gasteiger partial charge in [0.2, 0.25) is 0 Å². The van der Waals surface area contributed by atoms with Crippen LogP contribution in [0.3, 0.4) is 0 Å². The van der Waals surface area contributed by atoms with Gasteiger partial charge in [-0.15, -0.1) is 0 Å². The molecule has 1 N–H and O–H groups in total. The van der Waals surface area contributed by atoms with Crippen molar-refractivity contribution in [2.45, 2.75) is 102 Å². The molecule has 4 fully saturated rings. The molecule has 2 saturated carbocycles. The zero-order chi connectivity index (χ0) is 18.6. The highest BCUT2D eigenvalue weighted by molar-refractivity contribution is 8.13. The fourth-order valence-electron chi connectivity index (χ4n) is 6.39. The minimum Gasteiger partial charge on any atom is -0.378 e. The number of fused-ring (bicyclic) bond motifs is 2. The number of aliphatic hydroxyl groups is 1. The van der Waals surface area contributed by atoms with Crippen LogP contribution in [-0.2, 0) is 0 Å². The van der Waals surface area contributed by atoms with Gasteiger partial charge in [-0.05, 0) is 69.6 Å². The highest BCUT2D eigenvalue weighted by atomic mass is 32.2. The van der Waals surface area contributed by atoms with Crippen molar-refractivity contribution in [2.24, 2.45) is 11.8 Å². The lowest BCUT2D eigenvalue weighted by Gasteiger charge is -2.46. The molecule has 4 rings (SSSR count). The van der Waals surface area contributed by atoms with E-state index in [1.807, 2.05) is 0 Å². The number of likely N-dealkylation sites (tertiary alicyclic amines) is 2. The topological polar surface area (TPSA) is 43.8 Å². The first kappa shape index (κ1) is 20.0. The van der Waals surface area contributed by atoms with E-state index in [0.717, 1.165) is 37.1 Å². The van der Waals surface area contributed by atoms with E-state index in [1.165, 1.54) is 88.8 Å². The first-order valence-corrected chi connectivity index (χ1v) is 12.6. The van der Waals surface area contributed by atoms with Crippen molar-refractivity contribution in [2.75, 3.05) is 18.8 Å². The number of amides is 1. The minimum atomic E-state index is -0.361. The van der Waals surface area contributed by atoms with Crippen LogP contribution >= 0.6 is 11.8 Å². The number of aliphatic hydroxyl groups excluding tert-OH is 1. The lowest BCUT2D eigenvalue weighted by atomic mass is 9.78. The first-order valence-electron chi connectivity index (χ1n) is 11.6. The molecule has 1 amide bonds. The Morgan fingerprint density at radius 2 is 1.44 bits per heavy atom. The summed E-state index contributed by atoms with van der Waals surface area (Å²) in [5, 5.41) is 11.1. The van der Waals surface area contributed by atoms with Gasteiger partial charge in [-0.25, -0.2) is 0 Å². The molecule has 5 heteroatoms. The summed E-state index contributed by atoms with van der Waals surface area (Å²) in [6, 6.07) is 1.09. The van der Waals surface area contributed by atoms with Crippen LogP contribution in [0.5, 0.6) is 0 Å². The van der Waals surface area contributed by atoms with E-state index in [-0.39, 0.29) is 11.5 Å². The van der Waals surface area contributed by atoms with Crippen molar-refractivity contribution in [3.8, 4) is 0 Å². The van der Waals surface area contributed by atoms with Crippen LogP contribution in [0, 0.1) is 11.8 Å². The van der Waals surface area contributed by atoms with Gasteiger partial charge in [-0.2, -0.15) is 0 Å². The molecule has 27 heavy (non-hydrogen) atoms. The first-order chi connectivity index (χ1) is 13.2. The molecule has 2 saturated heterocycles. The summed E-state index contributed by atoms with van der Waals surface area (Å²) in [6.07, 6.45) is 15.9. The molecule has 4 nitrogen and oxygen atoms in total. The van der Waals surface area contributed by atoms with Gasteiger partial charge in [-0.3, -0.25) is 9.69 Å². The molecule has 0 aromatic rings. The van der Waals surface area contributed by atoms with Crippen molar-refractivity contribution in [3.05, 3.63) is 0 Å². The summed E-state index contributed by atoms with van der Waals surface area (Å²) in [5.41, 5.74) is 0. The van der Waals surface area contributed by atoms with Crippen LogP contribution in [0.15, 0.2) is 0 Å². The zero-order valence-corrected chi connectivity index (χ0v) is 17.7. The highest BCUT2D eigenvalue weighted by Crippen LogP contribution is 2.38. The Labute approximate surface area is 169 Å². The molecule has 2 aliphatic heterocycles. The van der Waals surface area contributed by atoms with Crippen molar-refractivity contribution in [3.63, 3.8) is 0 Å². The second kappa shape index (κ2) is 9.49. The number of rotatable bonds is 4. The Kier molecular flexibility index (Phi) is 7.04. The molecule has 0 spiro atoms. The molecule has 4 aliphatic rings. The third-order valence-corrected chi connectivity index (χ3v) is 8.67. The minimum absolute atomic E-state index is 0.271. The van der Waals surface area contributed by atoms with E-state index in [9.17, 15) is 9.90 Å². The lowest BCUT2D eigenvalue weighted by Crippen LogP contribution is -2.51. The maximum absolute atomic E-state index is 12.8. The van der Waals surface area contributed by atoms with E-state index < -0.39 is 0 Å². The molecule has 0 aromatic heterocycles. The standard InChI is InChI=1S/C22H38N2O2S/c25-21(23-14-5-9-17-7-1-3-11-19(17)23)13-16-27-22(26)24-15-6-10-18-8-2-4-12-20(18)24/h17-21,25H,1-16H2. The Hall–Kier alpha value is -0.260. The molecule has 0 bridgehead atoms. The third kappa shape index (κ3) is 4.67. The number of piperidine rings is 2. The van der Waals surface area contributed by atoms with Gasteiger partial charge in [0.1, 0.15) is 6.23 Å². The molecular formula is C22H38N2O2S. The molecule has 154 valence electrons. The maximum atomic E-state index is 12.8. The normalized spacial score (nSPS) is 36.0. The maximum Gasteiger partial charge on any atom is 0.281 e. The number of nitrogens with zero attached hydrogens (tertiary/aromatic N) is 2. The monoisotopic (exact) mass is 394 g/mol. The molecule has 5 unspecified atom stereocenters. The number of hydrogen-bond donors (Lipinski definition) is 1. The molecule has 5 atom stereocenters. The van der Waals surface area contributed by atoms with E-state index in [2.05, 4.69) is 9.80 Å². The van der Waals surface area contributed by atoms with Gasteiger partial charge >= 0.3 is 0 Å². The van der Waals surface area contributed by atoms with Gasteiger partial charge in [0.15, 0.2) is 0 Å². The van der Waals surface area contributed by atoms with Gasteiger partial charge < -0.3 is 10.0 Å². The molecule has 0 aromatic carbocycles. The summed E-state index contributed by atoms with van der Waals surface area (Å²) in [6.45, 7) is 1.99. The summed E-state index contributed by atoms with van der Waals surface area (Å²) in [4.78, 5) is 17.4. The summed E-state index contributed by atoms with van der Waals surface area (Å²) >= 11 is 1.46. The molecule has 2 aliphatic carbocycles. The summed E-state index contributed by atoms with van der Waals surface area (Å²) in [5.74, 6) is 2.30. The fourth-order valence-corrected chi connectivity index (χ4v) is 7.28. The summed E-state index contributed by atoms with van der Waals surface area (Å²) < 4.78 is 0. The van der Waals surface area contributed by atoms with E-state index in [1.54, 1.807) is 0 Å². The van der Waals surface area contributed by atoms with Crippen LogP contribution in [0.4, 0.5) is 4.79 Å². The average molecular weight is 395 g/mol. The third-order valence-electron chi connectivity index (χ3n) is 7.75. The number of carbonyl (C=O) groups excluding carboxylic acids is 1. The van der Waals surface area contributed by atoms with Gasteiger partial charge in [0, 0.05) is 30.9 Å². The lowest BCUT2D eigenvalue weighted by molar-refractivity contribution is -0.0710. The van der Waals surface area contributed by atoms with E-state index >= 15 is 0 Å². The van der Waals surface area contributed by atoms with Crippen LogP contribution in [0.2, 0.25) is 0 Å². The van der Waals surface area contributed by atoms with Crippen LogP contribution in [0.25, 0.3) is 0 Å². The Bertz CT molecular complexity index is 499. The van der Waals surface area contributed by atoms with Crippen molar-refractivity contribution in [1.82, 2.24) is 9.80 Å². The van der Waals surface area contributed by atoms with Crippen molar-refractivity contribution in [1.29, 1.82) is 0 Å². The second-order valence-electron chi connectivity index (χ2n) is 9.32. The van der Waals surface area contributed by atoms with Gasteiger partial charge in [-0.1, -0.05) is 37.4 Å². The Balaban J connectivity index is 1.24. The smallest absolute Gasteiger partial charge is 0.281 e. The van der Waals surface area contributed by atoms with Gasteiger partial charge in [0.05, 0.1) is 0 Å². The molecule has 2 heterocycles. The fraction of sp³-hybridized carbons (Fsp3) is 0.955. The quantitative estimate of drug-likeness (QED) is 0.740. The predicted octanol–water partition coefficient (Wildman–Crippen LogP) is 4.86. The van der Waals surface area contributed by atoms with E-state index in [4.69, 9.17) is 0 Å². The Morgan fingerprint density at radius 3 is 2.22 bits per heavy atom. The summed E-state index contributed by atoms with van der Waals surface area (Å²) in [7, 11) is 0. The largest absolute Gasteiger partial charge is 0.378 e. The molecule has 0 radical (unpaired) electrons. The SMILES string of the molecule is O=C(SCCC(O)N1CCCC2CCCCC21)N1CCCC2CCCCC21. The number of carbonyl (C=O) groups is 1. The highest BCUT2D eigenvalue weighted by Gasteiger charge is 2.37.